The molecule has 108 valence electrons. The highest BCUT2D eigenvalue weighted by molar-refractivity contribution is 9.10. The van der Waals surface area contributed by atoms with E-state index >= 15 is 0 Å². The summed E-state index contributed by atoms with van der Waals surface area (Å²) in [7, 11) is 1.75. The quantitative estimate of drug-likeness (QED) is 0.791. The number of rotatable bonds is 8. The molecule has 0 amide bonds. The number of hydrogen-bond donors (Lipinski definition) is 1. The van der Waals surface area contributed by atoms with Gasteiger partial charge in [-0.05, 0) is 38.1 Å². The SMILES string of the molecule is CCNCc1ccc(N(CC)C(C)COC)cc1Br. The molecule has 0 aromatic heterocycles. The lowest BCUT2D eigenvalue weighted by Gasteiger charge is -2.30. The lowest BCUT2D eigenvalue weighted by Crippen LogP contribution is -2.36. The lowest BCUT2D eigenvalue weighted by molar-refractivity contribution is 0.182. The fourth-order valence-corrected chi connectivity index (χ4v) is 2.70. The van der Waals surface area contributed by atoms with Gasteiger partial charge in [0.25, 0.3) is 0 Å². The molecule has 0 heterocycles. The van der Waals surface area contributed by atoms with E-state index < -0.39 is 0 Å². The molecule has 0 aliphatic carbocycles. The minimum atomic E-state index is 0.376. The molecule has 3 nitrogen and oxygen atoms in total. The van der Waals surface area contributed by atoms with Gasteiger partial charge >= 0.3 is 0 Å². The highest BCUT2D eigenvalue weighted by atomic mass is 79.9. The van der Waals surface area contributed by atoms with Crippen molar-refractivity contribution in [2.45, 2.75) is 33.4 Å². The highest BCUT2D eigenvalue weighted by Crippen LogP contribution is 2.25. The van der Waals surface area contributed by atoms with Crippen LogP contribution in [0.3, 0.4) is 0 Å². The number of anilines is 1. The van der Waals surface area contributed by atoms with E-state index in [0.717, 1.165) is 30.7 Å². The van der Waals surface area contributed by atoms with Gasteiger partial charge in [0.2, 0.25) is 0 Å². The van der Waals surface area contributed by atoms with Crippen LogP contribution in [-0.2, 0) is 11.3 Å². The van der Waals surface area contributed by atoms with Crippen molar-refractivity contribution in [2.24, 2.45) is 0 Å². The molecule has 1 atom stereocenters. The molecule has 0 radical (unpaired) electrons. The zero-order valence-corrected chi connectivity index (χ0v) is 14.0. The van der Waals surface area contributed by atoms with E-state index in [1.165, 1.54) is 11.3 Å². The zero-order chi connectivity index (χ0) is 14.3. The Kier molecular flexibility index (Phi) is 7.42. The van der Waals surface area contributed by atoms with Gasteiger partial charge in [0.1, 0.15) is 0 Å². The average Bonchev–Trinajstić information content (AvgIpc) is 2.39. The number of halogens is 1. The van der Waals surface area contributed by atoms with Crippen LogP contribution >= 0.6 is 15.9 Å². The van der Waals surface area contributed by atoms with Crippen LogP contribution < -0.4 is 10.2 Å². The number of nitrogens with one attached hydrogen (secondary N) is 1. The normalized spacial score (nSPS) is 12.5. The van der Waals surface area contributed by atoms with Crippen LogP contribution in [0, 0.1) is 0 Å². The van der Waals surface area contributed by atoms with Gasteiger partial charge in [-0.25, -0.2) is 0 Å². The van der Waals surface area contributed by atoms with Crippen molar-refractivity contribution in [2.75, 3.05) is 31.7 Å². The van der Waals surface area contributed by atoms with E-state index in [4.69, 9.17) is 4.74 Å². The fraction of sp³-hybridized carbons (Fsp3) is 0.600. The van der Waals surface area contributed by atoms with Crippen molar-refractivity contribution in [1.82, 2.24) is 5.32 Å². The van der Waals surface area contributed by atoms with E-state index in [0.29, 0.717) is 6.04 Å². The van der Waals surface area contributed by atoms with Gasteiger partial charge in [-0.2, -0.15) is 0 Å². The number of ether oxygens (including phenoxy) is 1. The molecular weight excluding hydrogens is 304 g/mol. The summed E-state index contributed by atoms with van der Waals surface area (Å²) in [5.41, 5.74) is 2.53. The first-order valence-electron chi connectivity index (χ1n) is 6.88. The van der Waals surface area contributed by atoms with E-state index in [1.807, 2.05) is 0 Å². The van der Waals surface area contributed by atoms with Gasteiger partial charge in [-0.1, -0.05) is 28.9 Å². The number of hydrogen-bond acceptors (Lipinski definition) is 3. The molecule has 1 unspecified atom stereocenters. The molecule has 0 saturated carbocycles. The second-order valence-electron chi connectivity index (χ2n) is 4.65. The second-order valence-corrected chi connectivity index (χ2v) is 5.50. The van der Waals surface area contributed by atoms with E-state index in [2.05, 4.69) is 65.1 Å². The molecule has 0 spiro atoms. The summed E-state index contributed by atoms with van der Waals surface area (Å²) in [5.74, 6) is 0. The molecule has 19 heavy (non-hydrogen) atoms. The fourth-order valence-electron chi connectivity index (χ4n) is 2.20. The molecule has 1 N–H and O–H groups in total. The van der Waals surface area contributed by atoms with Gasteiger partial charge in [0.15, 0.2) is 0 Å². The van der Waals surface area contributed by atoms with Gasteiger partial charge < -0.3 is 15.0 Å². The third-order valence-corrected chi connectivity index (χ3v) is 3.95. The van der Waals surface area contributed by atoms with Crippen molar-refractivity contribution >= 4 is 21.6 Å². The predicted molar refractivity (Wildman–Crippen MR) is 85.9 cm³/mol. The number of methoxy groups -OCH3 is 1. The smallest absolute Gasteiger partial charge is 0.0663 e. The van der Waals surface area contributed by atoms with Gasteiger partial charge in [-0.3, -0.25) is 0 Å². The van der Waals surface area contributed by atoms with Gasteiger partial charge in [0.05, 0.1) is 6.61 Å². The first-order chi connectivity index (χ1) is 9.13. The maximum atomic E-state index is 5.25. The number of benzene rings is 1. The Morgan fingerprint density at radius 1 is 1.37 bits per heavy atom. The third kappa shape index (κ3) is 4.79. The molecule has 0 aliphatic rings. The molecule has 0 saturated heterocycles. The van der Waals surface area contributed by atoms with E-state index in [9.17, 15) is 0 Å². The molecule has 1 aromatic rings. The van der Waals surface area contributed by atoms with Crippen molar-refractivity contribution < 1.29 is 4.74 Å². The van der Waals surface area contributed by atoms with Crippen LogP contribution in [0.5, 0.6) is 0 Å². The Morgan fingerprint density at radius 2 is 2.11 bits per heavy atom. The summed E-state index contributed by atoms with van der Waals surface area (Å²) in [6.45, 7) is 10.1. The van der Waals surface area contributed by atoms with Crippen LogP contribution in [0.25, 0.3) is 0 Å². The first kappa shape index (κ1) is 16.5. The van der Waals surface area contributed by atoms with Crippen LogP contribution in [0.1, 0.15) is 26.3 Å². The molecule has 1 rings (SSSR count). The molecule has 0 fully saturated rings. The Bertz CT molecular complexity index is 384. The zero-order valence-electron chi connectivity index (χ0n) is 12.4. The second kappa shape index (κ2) is 8.56. The van der Waals surface area contributed by atoms with Crippen LogP contribution in [0.15, 0.2) is 22.7 Å². The largest absolute Gasteiger partial charge is 0.383 e. The number of likely N-dealkylation sites (N-methyl/N-ethyl adjacent to an activating group) is 1. The summed E-state index contributed by atoms with van der Waals surface area (Å²) in [6, 6.07) is 6.95. The Balaban J connectivity index is 2.85. The van der Waals surface area contributed by atoms with E-state index in [1.54, 1.807) is 7.11 Å². The average molecular weight is 329 g/mol. The molecular formula is C15H25BrN2O. The van der Waals surface area contributed by atoms with Crippen LogP contribution in [0.4, 0.5) is 5.69 Å². The maximum Gasteiger partial charge on any atom is 0.0663 e. The molecule has 4 heteroatoms. The topological polar surface area (TPSA) is 24.5 Å². The van der Waals surface area contributed by atoms with Gasteiger partial charge in [-0.15, -0.1) is 0 Å². The van der Waals surface area contributed by atoms with Crippen molar-refractivity contribution in [3.05, 3.63) is 28.2 Å². The minimum absolute atomic E-state index is 0.376. The van der Waals surface area contributed by atoms with Crippen molar-refractivity contribution in [3.8, 4) is 0 Å². The maximum absolute atomic E-state index is 5.25. The van der Waals surface area contributed by atoms with Crippen LogP contribution in [-0.4, -0.2) is 32.8 Å². The Morgan fingerprint density at radius 3 is 2.63 bits per heavy atom. The summed E-state index contributed by atoms with van der Waals surface area (Å²) in [6.07, 6.45) is 0. The molecule has 0 aliphatic heterocycles. The molecule has 1 aromatic carbocycles. The summed E-state index contributed by atoms with van der Waals surface area (Å²) >= 11 is 3.67. The first-order valence-corrected chi connectivity index (χ1v) is 7.68. The monoisotopic (exact) mass is 328 g/mol. The standard InChI is InChI=1S/C15H25BrN2O/c1-5-17-10-13-7-8-14(9-15(13)16)18(6-2)12(3)11-19-4/h7-9,12,17H,5-6,10-11H2,1-4H3. The molecule has 0 bridgehead atoms. The van der Waals surface area contributed by atoms with E-state index in [-0.39, 0.29) is 0 Å². The Labute approximate surface area is 125 Å². The lowest BCUT2D eigenvalue weighted by atomic mass is 10.1. The predicted octanol–water partition coefficient (Wildman–Crippen LogP) is 3.42. The number of nitrogens with zero attached hydrogens (tertiary/aromatic N) is 1. The summed E-state index contributed by atoms with van der Waals surface area (Å²) < 4.78 is 6.41. The van der Waals surface area contributed by atoms with Gasteiger partial charge in [0, 0.05) is 36.4 Å². The summed E-state index contributed by atoms with van der Waals surface area (Å²) in [4.78, 5) is 2.35. The van der Waals surface area contributed by atoms with Crippen molar-refractivity contribution in [3.63, 3.8) is 0 Å². The van der Waals surface area contributed by atoms with Crippen molar-refractivity contribution in [1.29, 1.82) is 0 Å². The van der Waals surface area contributed by atoms with Crippen LogP contribution in [0.2, 0.25) is 0 Å². The highest BCUT2D eigenvalue weighted by Gasteiger charge is 2.13. The third-order valence-electron chi connectivity index (χ3n) is 3.21. The minimum Gasteiger partial charge on any atom is -0.383 e. The Hall–Kier alpha value is -0.580. The summed E-state index contributed by atoms with van der Waals surface area (Å²) in [5, 5.41) is 3.35.